The number of sulfonamides is 1. The van der Waals surface area contributed by atoms with Crippen molar-refractivity contribution in [1.82, 2.24) is 4.90 Å². The van der Waals surface area contributed by atoms with Crippen LogP contribution in [-0.4, -0.2) is 44.8 Å². The van der Waals surface area contributed by atoms with Gasteiger partial charge in [-0.15, -0.1) is 0 Å². The highest BCUT2D eigenvalue weighted by atomic mass is 32.2. The molecule has 3 aromatic carbocycles. The van der Waals surface area contributed by atoms with Gasteiger partial charge in [0.1, 0.15) is 6.54 Å². The highest BCUT2D eigenvalue weighted by Gasteiger charge is 2.36. The highest BCUT2D eigenvalue weighted by molar-refractivity contribution is 7.93. The molecule has 2 heterocycles. The summed E-state index contributed by atoms with van der Waals surface area (Å²) in [4.78, 5) is 27.4. The van der Waals surface area contributed by atoms with Crippen LogP contribution in [0.2, 0.25) is 0 Å². The Morgan fingerprint density at radius 2 is 1.65 bits per heavy atom. The van der Waals surface area contributed by atoms with Crippen molar-refractivity contribution in [2.75, 3.05) is 29.3 Å². The third-order valence-corrected chi connectivity index (χ3v) is 7.56. The number of nitrogens with zero attached hydrogens (tertiary/aromatic N) is 2. The molecule has 1 saturated heterocycles. The molecule has 0 aromatic heterocycles. The summed E-state index contributed by atoms with van der Waals surface area (Å²) in [7, 11) is -3.81. The smallest absolute Gasteiger partial charge is 0.265 e. The van der Waals surface area contributed by atoms with Crippen LogP contribution in [0.4, 0.5) is 11.4 Å². The van der Waals surface area contributed by atoms with Crippen molar-refractivity contribution in [2.45, 2.75) is 17.7 Å². The largest absolute Gasteiger partial charge is 0.339 e. The molecule has 158 valence electrons. The molecule has 1 N–H and O–H groups in total. The monoisotopic (exact) mass is 435 g/mol. The van der Waals surface area contributed by atoms with Gasteiger partial charge in [-0.3, -0.25) is 13.9 Å². The minimum atomic E-state index is -3.81. The maximum absolute atomic E-state index is 13.0. The molecule has 0 unspecified atom stereocenters. The van der Waals surface area contributed by atoms with E-state index >= 15 is 0 Å². The fraction of sp³-hybridized carbons (Fsp3) is 0.217. The zero-order valence-corrected chi connectivity index (χ0v) is 17.6. The molecule has 2 amide bonds. The third kappa shape index (κ3) is 3.33. The van der Waals surface area contributed by atoms with Gasteiger partial charge in [0.25, 0.3) is 15.9 Å². The van der Waals surface area contributed by atoms with Gasteiger partial charge in [-0.25, -0.2) is 8.42 Å². The van der Waals surface area contributed by atoms with Crippen molar-refractivity contribution in [2.24, 2.45) is 0 Å². The van der Waals surface area contributed by atoms with Crippen LogP contribution in [-0.2, 0) is 14.8 Å². The lowest BCUT2D eigenvalue weighted by Crippen LogP contribution is -2.35. The molecule has 0 aliphatic carbocycles. The summed E-state index contributed by atoms with van der Waals surface area (Å²) >= 11 is 0. The second-order valence-corrected chi connectivity index (χ2v) is 9.60. The van der Waals surface area contributed by atoms with Gasteiger partial charge in [0.15, 0.2) is 0 Å². The second-order valence-electron chi connectivity index (χ2n) is 7.77. The highest BCUT2D eigenvalue weighted by Crippen LogP contribution is 2.41. The molecule has 0 bridgehead atoms. The molecule has 8 heteroatoms. The van der Waals surface area contributed by atoms with E-state index in [1.807, 2.05) is 12.1 Å². The predicted octanol–water partition coefficient (Wildman–Crippen LogP) is 3.22. The lowest BCUT2D eigenvalue weighted by molar-refractivity contribution is -0.114. The van der Waals surface area contributed by atoms with E-state index in [2.05, 4.69) is 5.32 Å². The van der Waals surface area contributed by atoms with E-state index in [1.165, 1.54) is 0 Å². The Morgan fingerprint density at radius 3 is 2.42 bits per heavy atom. The summed E-state index contributed by atoms with van der Waals surface area (Å²) in [6.07, 6.45) is 2.00. The molecule has 31 heavy (non-hydrogen) atoms. The molecule has 0 radical (unpaired) electrons. The number of nitrogens with one attached hydrogen (secondary N) is 1. The van der Waals surface area contributed by atoms with Crippen molar-refractivity contribution in [3.8, 4) is 0 Å². The van der Waals surface area contributed by atoms with Gasteiger partial charge in [0.05, 0.1) is 10.6 Å². The minimum absolute atomic E-state index is 0.0575. The Hall–Kier alpha value is -3.39. The number of benzene rings is 3. The van der Waals surface area contributed by atoms with Gasteiger partial charge in [0, 0.05) is 29.7 Å². The average molecular weight is 436 g/mol. The lowest BCUT2D eigenvalue weighted by atomic mass is 10.1. The van der Waals surface area contributed by atoms with E-state index in [0.29, 0.717) is 22.3 Å². The first-order chi connectivity index (χ1) is 14.9. The maximum atomic E-state index is 13.0. The summed E-state index contributed by atoms with van der Waals surface area (Å²) in [5.41, 5.74) is 1.47. The van der Waals surface area contributed by atoms with E-state index in [-0.39, 0.29) is 17.3 Å². The molecule has 5 rings (SSSR count). The molecule has 0 saturated carbocycles. The number of likely N-dealkylation sites (tertiary alicyclic amines) is 1. The van der Waals surface area contributed by atoms with E-state index in [1.54, 1.807) is 53.4 Å². The van der Waals surface area contributed by atoms with Crippen molar-refractivity contribution in [3.63, 3.8) is 0 Å². The number of anilines is 2. The normalized spacial score (nSPS) is 16.6. The number of hydrogen-bond acceptors (Lipinski definition) is 4. The second kappa shape index (κ2) is 7.39. The van der Waals surface area contributed by atoms with Gasteiger partial charge < -0.3 is 10.2 Å². The molecule has 1 fully saturated rings. The Balaban J connectivity index is 1.37. The average Bonchev–Trinajstić information content (AvgIpc) is 3.37. The first-order valence-corrected chi connectivity index (χ1v) is 11.6. The standard InChI is InChI=1S/C23H21N3O4S/c27-21(24-18-9-3-8-17(14-18)23(28)25-12-1-2-13-25)15-26-19-10-4-6-16-7-5-11-20(22(16)19)31(26,29)30/h3-11,14H,1-2,12-13,15H2,(H,24,27). The number of amides is 2. The van der Waals surface area contributed by atoms with Crippen molar-refractivity contribution in [1.29, 1.82) is 0 Å². The Labute approximate surface area is 180 Å². The van der Waals surface area contributed by atoms with Crippen LogP contribution in [0, 0.1) is 0 Å². The zero-order valence-electron chi connectivity index (χ0n) is 16.7. The topological polar surface area (TPSA) is 86.8 Å². The van der Waals surface area contributed by atoms with Crippen LogP contribution in [0.5, 0.6) is 0 Å². The van der Waals surface area contributed by atoms with Gasteiger partial charge >= 0.3 is 0 Å². The molecule has 0 atom stereocenters. The summed E-state index contributed by atoms with van der Waals surface area (Å²) < 4.78 is 27.2. The van der Waals surface area contributed by atoms with Gasteiger partial charge in [-0.05, 0) is 48.6 Å². The number of rotatable bonds is 4. The molecule has 2 aliphatic rings. The van der Waals surface area contributed by atoms with Crippen LogP contribution in [0.3, 0.4) is 0 Å². The van der Waals surface area contributed by atoms with Crippen molar-refractivity contribution < 1.29 is 18.0 Å². The van der Waals surface area contributed by atoms with E-state index in [4.69, 9.17) is 0 Å². The van der Waals surface area contributed by atoms with Gasteiger partial charge in [0.2, 0.25) is 5.91 Å². The van der Waals surface area contributed by atoms with Gasteiger partial charge in [-0.2, -0.15) is 0 Å². The van der Waals surface area contributed by atoms with E-state index in [0.717, 1.165) is 35.6 Å². The Bertz CT molecular complexity index is 1310. The van der Waals surface area contributed by atoms with Crippen LogP contribution in [0.1, 0.15) is 23.2 Å². The summed E-state index contributed by atoms with van der Waals surface area (Å²) in [5.74, 6) is -0.531. The first-order valence-electron chi connectivity index (χ1n) is 10.2. The van der Waals surface area contributed by atoms with E-state index < -0.39 is 15.9 Å². The number of carbonyl (C=O) groups is 2. The quantitative estimate of drug-likeness (QED) is 0.682. The summed E-state index contributed by atoms with van der Waals surface area (Å²) in [5, 5.41) is 4.19. The first kappa shape index (κ1) is 19.6. The molecule has 7 nitrogen and oxygen atoms in total. The van der Waals surface area contributed by atoms with Crippen LogP contribution >= 0.6 is 0 Å². The van der Waals surface area contributed by atoms with Crippen LogP contribution in [0.25, 0.3) is 10.8 Å². The molecular formula is C23H21N3O4S. The Morgan fingerprint density at radius 1 is 0.935 bits per heavy atom. The van der Waals surface area contributed by atoms with Crippen LogP contribution in [0.15, 0.2) is 65.6 Å². The predicted molar refractivity (Wildman–Crippen MR) is 119 cm³/mol. The Kier molecular flexibility index (Phi) is 4.66. The molecule has 3 aromatic rings. The summed E-state index contributed by atoms with van der Waals surface area (Å²) in [6.45, 7) is 1.14. The number of carbonyl (C=O) groups excluding carboxylic acids is 2. The number of hydrogen-bond donors (Lipinski definition) is 1. The fourth-order valence-electron chi connectivity index (χ4n) is 4.29. The van der Waals surface area contributed by atoms with Gasteiger partial charge in [-0.1, -0.05) is 30.3 Å². The molecular weight excluding hydrogens is 414 g/mol. The van der Waals surface area contributed by atoms with Crippen LogP contribution < -0.4 is 9.62 Å². The molecule has 2 aliphatic heterocycles. The summed E-state index contributed by atoms with van der Waals surface area (Å²) in [6, 6.07) is 17.2. The zero-order chi connectivity index (χ0) is 21.6. The maximum Gasteiger partial charge on any atom is 0.265 e. The SMILES string of the molecule is O=C(CN1c2cccc3cccc(c23)S1(=O)=O)Nc1cccc(C(=O)N2CCCC2)c1. The van der Waals surface area contributed by atoms with E-state index in [9.17, 15) is 18.0 Å². The van der Waals surface area contributed by atoms with Crippen molar-refractivity contribution in [3.05, 3.63) is 66.2 Å². The third-order valence-electron chi connectivity index (χ3n) is 5.75. The fourth-order valence-corrected chi connectivity index (χ4v) is 5.96. The minimum Gasteiger partial charge on any atom is -0.339 e. The molecule has 0 spiro atoms. The lowest BCUT2D eigenvalue weighted by Gasteiger charge is -2.19. The van der Waals surface area contributed by atoms with Crippen molar-refractivity contribution >= 4 is 44.0 Å².